The molecule has 0 bridgehead atoms. The number of nitrogens with zero attached hydrogens (tertiary/aromatic N) is 3. The predicted molar refractivity (Wildman–Crippen MR) is 96.3 cm³/mol. The molecule has 0 aliphatic carbocycles. The molecule has 2 rings (SSSR count). The van der Waals surface area contributed by atoms with Crippen LogP contribution in [0.1, 0.15) is 41.5 Å². The molecule has 0 fully saturated rings. The Kier molecular flexibility index (Phi) is 5.88. The highest BCUT2D eigenvalue weighted by Crippen LogP contribution is 2.33. The van der Waals surface area contributed by atoms with Crippen molar-refractivity contribution in [2.45, 2.75) is 26.1 Å². The van der Waals surface area contributed by atoms with E-state index in [1.165, 1.54) is 40.0 Å². The first-order valence-electron chi connectivity index (χ1n) is 8.21. The molecular formula is C19H20F3N3O2. The Bertz CT molecular complexity index is 928. The maximum absolute atomic E-state index is 13.3. The predicted octanol–water partition coefficient (Wildman–Crippen LogP) is 3.63. The SMILES string of the molecule is CC(C)n1nc(/C(=C/N(C)C)C(=O)c2ccccc2C(F)(F)F)ccc1=O. The fourth-order valence-electron chi connectivity index (χ4n) is 2.51. The van der Waals surface area contributed by atoms with Gasteiger partial charge in [-0.1, -0.05) is 18.2 Å². The van der Waals surface area contributed by atoms with E-state index in [-0.39, 0.29) is 22.9 Å². The van der Waals surface area contributed by atoms with E-state index in [2.05, 4.69) is 5.10 Å². The lowest BCUT2D eigenvalue weighted by Gasteiger charge is -2.16. The summed E-state index contributed by atoms with van der Waals surface area (Å²) >= 11 is 0. The Morgan fingerprint density at radius 1 is 1.15 bits per heavy atom. The summed E-state index contributed by atoms with van der Waals surface area (Å²) in [5, 5.41) is 4.17. The van der Waals surface area contributed by atoms with E-state index < -0.39 is 23.1 Å². The quantitative estimate of drug-likeness (QED) is 0.588. The third-order valence-electron chi connectivity index (χ3n) is 3.70. The Labute approximate surface area is 154 Å². The molecule has 2 aromatic rings. The van der Waals surface area contributed by atoms with Gasteiger partial charge in [0.15, 0.2) is 5.78 Å². The monoisotopic (exact) mass is 379 g/mol. The second-order valence-corrected chi connectivity index (χ2v) is 6.47. The Balaban J connectivity index is 2.66. The van der Waals surface area contributed by atoms with Crippen molar-refractivity contribution >= 4 is 11.4 Å². The third kappa shape index (κ3) is 4.64. The van der Waals surface area contributed by atoms with Crippen molar-refractivity contribution in [3.63, 3.8) is 0 Å². The van der Waals surface area contributed by atoms with Gasteiger partial charge in [0.2, 0.25) is 0 Å². The van der Waals surface area contributed by atoms with E-state index in [9.17, 15) is 22.8 Å². The fraction of sp³-hybridized carbons (Fsp3) is 0.316. The van der Waals surface area contributed by atoms with Gasteiger partial charge in [0.05, 0.1) is 22.9 Å². The first-order chi connectivity index (χ1) is 12.5. The van der Waals surface area contributed by atoms with E-state index in [4.69, 9.17) is 0 Å². The summed E-state index contributed by atoms with van der Waals surface area (Å²) in [6, 6.07) is 6.91. The number of alkyl halides is 3. The molecule has 1 aromatic heterocycles. The minimum Gasteiger partial charge on any atom is -0.383 e. The highest BCUT2D eigenvalue weighted by atomic mass is 19.4. The zero-order chi connectivity index (χ0) is 20.4. The van der Waals surface area contributed by atoms with Crippen LogP contribution < -0.4 is 5.56 Å². The zero-order valence-electron chi connectivity index (χ0n) is 15.4. The van der Waals surface area contributed by atoms with Crippen LogP contribution in [0.15, 0.2) is 47.4 Å². The molecule has 8 heteroatoms. The molecule has 0 saturated carbocycles. The summed E-state index contributed by atoms with van der Waals surface area (Å²) in [6.45, 7) is 3.49. The summed E-state index contributed by atoms with van der Waals surface area (Å²) < 4.78 is 41.1. The average molecular weight is 379 g/mol. The molecular weight excluding hydrogens is 359 g/mol. The fourth-order valence-corrected chi connectivity index (χ4v) is 2.51. The summed E-state index contributed by atoms with van der Waals surface area (Å²) in [7, 11) is 3.28. The molecule has 0 spiro atoms. The number of carbonyl (C=O) groups excluding carboxylic acids is 1. The van der Waals surface area contributed by atoms with Crippen molar-refractivity contribution in [1.82, 2.24) is 14.7 Å². The average Bonchev–Trinajstić information content (AvgIpc) is 2.58. The molecule has 0 aliphatic heterocycles. The topological polar surface area (TPSA) is 55.2 Å². The zero-order valence-corrected chi connectivity index (χ0v) is 15.4. The first kappa shape index (κ1) is 20.4. The lowest BCUT2D eigenvalue weighted by molar-refractivity contribution is -0.137. The number of halogens is 3. The van der Waals surface area contributed by atoms with Crippen LogP contribution >= 0.6 is 0 Å². The largest absolute Gasteiger partial charge is 0.417 e. The van der Waals surface area contributed by atoms with Gasteiger partial charge in [-0.3, -0.25) is 9.59 Å². The van der Waals surface area contributed by atoms with Crippen molar-refractivity contribution in [3.8, 4) is 0 Å². The number of allylic oxidation sites excluding steroid dienone is 1. The summed E-state index contributed by atoms with van der Waals surface area (Å²) in [5.41, 5.74) is -1.76. The summed E-state index contributed by atoms with van der Waals surface area (Å²) in [6.07, 6.45) is -3.27. The van der Waals surface area contributed by atoms with Crippen molar-refractivity contribution in [1.29, 1.82) is 0 Å². The van der Waals surface area contributed by atoms with Crippen molar-refractivity contribution < 1.29 is 18.0 Å². The van der Waals surface area contributed by atoms with Gasteiger partial charge >= 0.3 is 6.18 Å². The van der Waals surface area contributed by atoms with E-state index in [1.54, 1.807) is 27.9 Å². The van der Waals surface area contributed by atoms with Gasteiger partial charge in [0.25, 0.3) is 5.56 Å². The van der Waals surface area contributed by atoms with Crippen LogP contribution in [-0.2, 0) is 6.18 Å². The van der Waals surface area contributed by atoms with E-state index in [1.807, 2.05) is 0 Å². The van der Waals surface area contributed by atoms with E-state index in [0.29, 0.717) is 0 Å². The molecule has 0 aliphatic rings. The van der Waals surface area contributed by atoms with Gasteiger partial charge in [-0.05, 0) is 26.0 Å². The molecule has 0 amide bonds. The highest BCUT2D eigenvalue weighted by molar-refractivity contribution is 6.28. The van der Waals surface area contributed by atoms with Crippen molar-refractivity contribution in [2.24, 2.45) is 0 Å². The highest BCUT2D eigenvalue weighted by Gasteiger charge is 2.35. The Morgan fingerprint density at radius 2 is 1.78 bits per heavy atom. The van der Waals surface area contributed by atoms with Crippen LogP contribution in [0.4, 0.5) is 13.2 Å². The van der Waals surface area contributed by atoms with Crippen LogP contribution in [-0.4, -0.2) is 34.6 Å². The normalized spacial score (nSPS) is 12.4. The van der Waals surface area contributed by atoms with E-state index >= 15 is 0 Å². The maximum atomic E-state index is 13.3. The number of benzene rings is 1. The Morgan fingerprint density at radius 3 is 2.33 bits per heavy atom. The molecule has 27 heavy (non-hydrogen) atoms. The van der Waals surface area contributed by atoms with Crippen LogP contribution in [0.3, 0.4) is 0 Å². The van der Waals surface area contributed by atoms with Gasteiger partial charge in [-0.15, -0.1) is 0 Å². The lowest BCUT2D eigenvalue weighted by atomic mass is 9.96. The number of aromatic nitrogens is 2. The second-order valence-electron chi connectivity index (χ2n) is 6.47. The van der Waals surface area contributed by atoms with E-state index in [0.717, 1.165) is 12.1 Å². The number of hydrogen-bond acceptors (Lipinski definition) is 4. The van der Waals surface area contributed by atoms with Gasteiger partial charge < -0.3 is 4.90 Å². The smallest absolute Gasteiger partial charge is 0.383 e. The van der Waals surface area contributed by atoms with Crippen LogP contribution in [0.2, 0.25) is 0 Å². The maximum Gasteiger partial charge on any atom is 0.417 e. The lowest BCUT2D eigenvalue weighted by Crippen LogP contribution is -2.25. The summed E-state index contributed by atoms with van der Waals surface area (Å²) in [5.74, 6) is -0.821. The molecule has 0 radical (unpaired) electrons. The minimum absolute atomic E-state index is 0.0360. The number of hydrogen-bond donors (Lipinski definition) is 0. The molecule has 1 heterocycles. The molecule has 5 nitrogen and oxygen atoms in total. The molecule has 0 atom stereocenters. The standard InChI is InChI=1S/C19H20F3N3O2/c1-12(2)25-17(26)10-9-16(23-25)14(11-24(3)4)18(27)13-7-5-6-8-15(13)19(20,21)22/h5-12H,1-4H3/b14-11-. The van der Waals surface area contributed by atoms with Crippen LogP contribution in [0.5, 0.6) is 0 Å². The minimum atomic E-state index is -4.67. The molecule has 1 aromatic carbocycles. The molecule has 0 saturated heterocycles. The van der Waals surface area contributed by atoms with Gasteiger partial charge in [0, 0.05) is 31.9 Å². The molecule has 0 unspecified atom stereocenters. The second kappa shape index (κ2) is 7.77. The molecule has 144 valence electrons. The van der Waals surface area contributed by atoms with Crippen molar-refractivity contribution in [3.05, 3.63) is 69.8 Å². The van der Waals surface area contributed by atoms with Gasteiger partial charge in [-0.25, -0.2) is 4.68 Å². The number of Topliss-reactive ketones (excluding diaryl/α,β-unsaturated/α-hetero) is 1. The number of carbonyl (C=O) groups is 1. The first-order valence-corrected chi connectivity index (χ1v) is 8.21. The Hall–Kier alpha value is -2.90. The summed E-state index contributed by atoms with van der Waals surface area (Å²) in [4.78, 5) is 26.4. The number of ketones is 1. The molecule has 0 N–H and O–H groups in total. The van der Waals surface area contributed by atoms with Crippen LogP contribution in [0, 0.1) is 0 Å². The van der Waals surface area contributed by atoms with Gasteiger partial charge in [0.1, 0.15) is 0 Å². The van der Waals surface area contributed by atoms with Crippen LogP contribution in [0.25, 0.3) is 5.57 Å². The number of rotatable bonds is 5. The van der Waals surface area contributed by atoms with Crippen molar-refractivity contribution in [2.75, 3.05) is 14.1 Å². The third-order valence-corrected chi connectivity index (χ3v) is 3.70. The van der Waals surface area contributed by atoms with Gasteiger partial charge in [-0.2, -0.15) is 18.3 Å².